The number of morpholine rings is 1. The van der Waals surface area contributed by atoms with Crippen LogP contribution in [0.5, 0.6) is 0 Å². The summed E-state index contributed by atoms with van der Waals surface area (Å²) in [5, 5.41) is 1.86. The minimum Gasteiger partial charge on any atom is -0.373 e. The van der Waals surface area contributed by atoms with Crippen LogP contribution in [0.4, 0.5) is 0 Å². The Morgan fingerprint density at radius 1 is 1.75 bits per heavy atom. The molecular formula is C10H13BrN2O2S. The first-order valence-electron chi connectivity index (χ1n) is 5.05. The lowest BCUT2D eigenvalue weighted by Gasteiger charge is -2.32. The standard InChI is InChI=1S/C10H13BrN2O2S/c11-9-3-7(6-16-9)10(14)13-1-2-15-8(4-12)5-13/h3,6,8H,1-2,4-5,12H2. The van der Waals surface area contributed by atoms with Gasteiger partial charge in [-0.15, -0.1) is 11.3 Å². The van der Waals surface area contributed by atoms with E-state index in [-0.39, 0.29) is 12.0 Å². The van der Waals surface area contributed by atoms with Crippen molar-refractivity contribution in [2.45, 2.75) is 6.10 Å². The van der Waals surface area contributed by atoms with Crippen LogP contribution in [0.25, 0.3) is 0 Å². The highest BCUT2D eigenvalue weighted by Gasteiger charge is 2.24. The molecule has 16 heavy (non-hydrogen) atoms. The summed E-state index contributed by atoms with van der Waals surface area (Å²) in [6, 6.07) is 1.85. The van der Waals surface area contributed by atoms with Crippen LogP contribution in [0.15, 0.2) is 15.2 Å². The summed E-state index contributed by atoms with van der Waals surface area (Å²) in [6.07, 6.45) is -0.0280. The number of rotatable bonds is 2. The summed E-state index contributed by atoms with van der Waals surface area (Å²) in [6.45, 7) is 2.25. The highest BCUT2D eigenvalue weighted by Crippen LogP contribution is 2.22. The molecule has 1 aromatic heterocycles. The number of carbonyl (C=O) groups is 1. The highest BCUT2D eigenvalue weighted by molar-refractivity contribution is 9.11. The lowest BCUT2D eigenvalue weighted by atomic mass is 10.2. The molecule has 2 heterocycles. The van der Waals surface area contributed by atoms with E-state index in [1.54, 1.807) is 4.90 Å². The predicted molar refractivity (Wildman–Crippen MR) is 66.7 cm³/mol. The van der Waals surface area contributed by atoms with Crippen molar-refractivity contribution < 1.29 is 9.53 Å². The second-order valence-corrected chi connectivity index (χ2v) is 5.91. The van der Waals surface area contributed by atoms with Gasteiger partial charge in [0.2, 0.25) is 0 Å². The first-order valence-corrected chi connectivity index (χ1v) is 6.73. The molecule has 2 rings (SSSR count). The molecule has 1 aromatic rings. The van der Waals surface area contributed by atoms with Crippen LogP contribution in [0.2, 0.25) is 0 Å². The first-order chi connectivity index (χ1) is 7.70. The molecule has 1 aliphatic rings. The van der Waals surface area contributed by atoms with Crippen LogP contribution in [0, 0.1) is 0 Å². The summed E-state index contributed by atoms with van der Waals surface area (Å²) >= 11 is 4.87. The van der Waals surface area contributed by atoms with Crippen LogP contribution in [-0.4, -0.2) is 43.2 Å². The number of halogens is 1. The molecule has 0 radical (unpaired) electrons. The van der Waals surface area contributed by atoms with Gasteiger partial charge in [0.15, 0.2) is 0 Å². The lowest BCUT2D eigenvalue weighted by Crippen LogP contribution is -2.48. The third-order valence-corrected chi connectivity index (χ3v) is 4.01. The van der Waals surface area contributed by atoms with E-state index in [0.717, 1.165) is 9.35 Å². The Morgan fingerprint density at radius 2 is 2.56 bits per heavy atom. The first kappa shape index (κ1) is 12.0. The third-order valence-electron chi connectivity index (χ3n) is 2.50. The van der Waals surface area contributed by atoms with Gasteiger partial charge in [0, 0.05) is 25.0 Å². The van der Waals surface area contributed by atoms with E-state index in [0.29, 0.717) is 26.2 Å². The molecule has 1 unspecified atom stereocenters. The number of nitrogens with zero attached hydrogens (tertiary/aromatic N) is 1. The van der Waals surface area contributed by atoms with Crippen LogP contribution < -0.4 is 5.73 Å². The molecule has 0 spiro atoms. The molecule has 2 N–H and O–H groups in total. The zero-order valence-corrected chi connectivity index (χ0v) is 11.1. The monoisotopic (exact) mass is 304 g/mol. The van der Waals surface area contributed by atoms with Gasteiger partial charge in [-0.2, -0.15) is 0 Å². The van der Waals surface area contributed by atoms with E-state index < -0.39 is 0 Å². The number of ether oxygens (including phenoxy) is 1. The van der Waals surface area contributed by atoms with Crippen molar-refractivity contribution in [2.75, 3.05) is 26.2 Å². The molecule has 6 heteroatoms. The summed E-state index contributed by atoms with van der Waals surface area (Å²) in [4.78, 5) is 13.9. The molecular weight excluding hydrogens is 292 g/mol. The van der Waals surface area contributed by atoms with Gasteiger partial charge in [0.25, 0.3) is 5.91 Å². The normalized spacial score (nSPS) is 21.1. The van der Waals surface area contributed by atoms with Gasteiger partial charge in [-0.3, -0.25) is 4.79 Å². The topological polar surface area (TPSA) is 55.6 Å². The van der Waals surface area contributed by atoms with Gasteiger partial charge in [-0.25, -0.2) is 0 Å². The smallest absolute Gasteiger partial charge is 0.254 e. The van der Waals surface area contributed by atoms with E-state index in [9.17, 15) is 4.79 Å². The fraction of sp³-hybridized carbons (Fsp3) is 0.500. The number of hydrogen-bond donors (Lipinski definition) is 1. The van der Waals surface area contributed by atoms with Gasteiger partial charge < -0.3 is 15.4 Å². The SMILES string of the molecule is NCC1CN(C(=O)c2csc(Br)c2)CCO1. The maximum Gasteiger partial charge on any atom is 0.254 e. The number of amides is 1. The van der Waals surface area contributed by atoms with E-state index in [1.807, 2.05) is 11.4 Å². The maximum atomic E-state index is 12.1. The molecule has 0 bridgehead atoms. The number of carbonyl (C=O) groups excluding carboxylic acids is 1. The van der Waals surface area contributed by atoms with E-state index in [1.165, 1.54) is 11.3 Å². The Balaban J connectivity index is 2.04. The van der Waals surface area contributed by atoms with Crippen molar-refractivity contribution in [1.82, 2.24) is 4.90 Å². The lowest BCUT2D eigenvalue weighted by molar-refractivity contribution is -0.0167. The molecule has 1 fully saturated rings. The van der Waals surface area contributed by atoms with Gasteiger partial charge in [-0.1, -0.05) is 0 Å². The molecule has 1 atom stereocenters. The van der Waals surface area contributed by atoms with Gasteiger partial charge >= 0.3 is 0 Å². The fourth-order valence-electron chi connectivity index (χ4n) is 1.65. The Hall–Kier alpha value is -0.430. The van der Waals surface area contributed by atoms with E-state index in [4.69, 9.17) is 10.5 Å². The highest BCUT2D eigenvalue weighted by atomic mass is 79.9. The number of hydrogen-bond acceptors (Lipinski definition) is 4. The molecule has 1 amide bonds. The second-order valence-electron chi connectivity index (χ2n) is 3.62. The Kier molecular flexibility index (Phi) is 3.96. The summed E-state index contributed by atoms with van der Waals surface area (Å²) in [7, 11) is 0. The number of nitrogens with two attached hydrogens (primary N) is 1. The Labute approximate surface area is 106 Å². The molecule has 88 valence electrons. The molecule has 0 aliphatic carbocycles. The minimum atomic E-state index is -0.0280. The molecule has 4 nitrogen and oxygen atoms in total. The van der Waals surface area contributed by atoms with Gasteiger partial charge in [0.05, 0.1) is 22.1 Å². The van der Waals surface area contributed by atoms with Crippen LogP contribution in [0.1, 0.15) is 10.4 Å². The van der Waals surface area contributed by atoms with Crippen LogP contribution >= 0.6 is 27.3 Å². The molecule has 0 saturated carbocycles. The van der Waals surface area contributed by atoms with Crippen LogP contribution in [0.3, 0.4) is 0 Å². The summed E-state index contributed by atoms with van der Waals surface area (Å²) in [5.41, 5.74) is 6.27. The Bertz CT molecular complexity index is 383. The van der Waals surface area contributed by atoms with Crippen molar-refractivity contribution in [2.24, 2.45) is 5.73 Å². The van der Waals surface area contributed by atoms with Gasteiger partial charge in [-0.05, 0) is 22.0 Å². The molecule has 1 saturated heterocycles. The zero-order valence-electron chi connectivity index (χ0n) is 8.69. The van der Waals surface area contributed by atoms with E-state index in [2.05, 4.69) is 15.9 Å². The third kappa shape index (κ3) is 2.63. The van der Waals surface area contributed by atoms with Crippen molar-refractivity contribution in [1.29, 1.82) is 0 Å². The maximum absolute atomic E-state index is 12.1. The predicted octanol–water partition coefficient (Wildman–Crippen LogP) is 1.31. The molecule has 1 aliphatic heterocycles. The van der Waals surface area contributed by atoms with Gasteiger partial charge in [0.1, 0.15) is 0 Å². The van der Waals surface area contributed by atoms with Crippen molar-refractivity contribution >= 4 is 33.2 Å². The second kappa shape index (κ2) is 5.27. The minimum absolute atomic E-state index is 0.0280. The Morgan fingerprint density at radius 3 is 3.19 bits per heavy atom. The van der Waals surface area contributed by atoms with E-state index >= 15 is 0 Å². The fourth-order valence-corrected chi connectivity index (χ4v) is 2.78. The average molecular weight is 305 g/mol. The van der Waals surface area contributed by atoms with Crippen molar-refractivity contribution in [3.8, 4) is 0 Å². The largest absolute Gasteiger partial charge is 0.373 e. The van der Waals surface area contributed by atoms with Crippen molar-refractivity contribution in [3.05, 3.63) is 20.8 Å². The molecule has 0 aromatic carbocycles. The van der Waals surface area contributed by atoms with Crippen LogP contribution in [-0.2, 0) is 4.74 Å². The number of thiophene rings is 1. The zero-order chi connectivity index (χ0) is 11.5. The average Bonchev–Trinajstić information content (AvgIpc) is 2.75. The summed E-state index contributed by atoms with van der Waals surface area (Å²) < 4.78 is 6.39. The summed E-state index contributed by atoms with van der Waals surface area (Å²) in [5.74, 6) is 0.0590. The quantitative estimate of drug-likeness (QED) is 0.896. The van der Waals surface area contributed by atoms with Crippen molar-refractivity contribution in [3.63, 3.8) is 0 Å².